The Labute approximate surface area is 162 Å². The summed E-state index contributed by atoms with van der Waals surface area (Å²) in [6, 6.07) is 5.45. The number of nitrogens with two attached hydrogens (primary N) is 1. The summed E-state index contributed by atoms with van der Waals surface area (Å²) in [5.74, 6) is 7.27. The van der Waals surface area contributed by atoms with Gasteiger partial charge in [0.25, 0.3) is 0 Å². The maximum Gasteiger partial charge on any atom is 0.237 e. The zero-order chi connectivity index (χ0) is 18.7. The Morgan fingerprint density at radius 3 is 2.81 bits per heavy atom. The smallest absolute Gasteiger partial charge is 0.237 e. The molecule has 0 saturated heterocycles. The van der Waals surface area contributed by atoms with Crippen molar-refractivity contribution in [3.63, 3.8) is 0 Å². The maximum absolute atomic E-state index is 12.5. The second-order valence-electron chi connectivity index (χ2n) is 6.71. The summed E-state index contributed by atoms with van der Waals surface area (Å²) in [6.07, 6.45) is 5.89. The van der Waals surface area contributed by atoms with E-state index in [4.69, 9.17) is 17.4 Å². The van der Waals surface area contributed by atoms with Crippen LogP contribution in [0.25, 0.3) is 0 Å². The molecule has 26 heavy (non-hydrogen) atoms. The zero-order valence-corrected chi connectivity index (χ0v) is 16.6. The first-order valence-electron chi connectivity index (χ1n) is 8.90. The van der Waals surface area contributed by atoms with Crippen molar-refractivity contribution < 1.29 is 4.79 Å². The lowest BCUT2D eigenvalue weighted by Crippen LogP contribution is -2.24. The Morgan fingerprint density at radius 2 is 2.08 bits per heavy atom. The van der Waals surface area contributed by atoms with Crippen molar-refractivity contribution >= 4 is 35.0 Å². The number of benzene rings is 1. The molecule has 3 N–H and O–H groups in total. The van der Waals surface area contributed by atoms with E-state index in [1.807, 2.05) is 26.0 Å². The van der Waals surface area contributed by atoms with Crippen LogP contribution in [0.5, 0.6) is 0 Å². The second kappa shape index (κ2) is 8.31. The molecule has 1 aliphatic carbocycles. The van der Waals surface area contributed by atoms with E-state index in [0.29, 0.717) is 21.8 Å². The summed E-state index contributed by atoms with van der Waals surface area (Å²) in [7, 11) is 0. The molecule has 0 spiro atoms. The van der Waals surface area contributed by atoms with Crippen LogP contribution in [-0.2, 0) is 4.79 Å². The van der Waals surface area contributed by atoms with Gasteiger partial charge in [-0.15, -0.1) is 10.2 Å². The molecule has 1 aromatic heterocycles. The predicted octanol–water partition coefficient (Wildman–Crippen LogP) is 4.12. The van der Waals surface area contributed by atoms with Gasteiger partial charge in [-0.2, -0.15) is 0 Å². The van der Waals surface area contributed by atoms with Gasteiger partial charge in [0.2, 0.25) is 11.1 Å². The number of nitrogen functional groups attached to an aromatic ring is 1. The minimum Gasteiger partial charge on any atom is -0.336 e. The molecular weight excluding hydrogens is 370 g/mol. The number of carbonyl (C=O) groups excluding carboxylic acids is 1. The van der Waals surface area contributed by atoms with Gasteiger partial charge in [-0.1, -0.05) is 48.7 Å². The quantitative estimate of drug-likeness (QED) is 0.589. The van der Waals surface area contributed by atoms with Crippen LogP contribution in [0.3, 0.4) is 0 Å². The normalized spacial score (nSPS) is 16.4. The lowest BCUT2D eigenvalue weighted by atomic mass is 9.89. The molecule has 6 nitrogen and oxygen atoms in total. The van der Waals surface area contributed by atoms with Gasteiger partial charge in [-0.25, -0.2) is 4.68 Å². The molecule has 2 aromatic rings. The molecule has 1 fully saturated rings. The summed E-state index contributed by atoms with van der Waals surface area (Å²) >= 11 is 7.42. The van der Waals surface area contributed by atoms with Crippen molar-refractivity contribution in [3.8, 4) is 0 Å². The Kier molecular flexibility index (Phi) is 6.09. The SMILES string of the molecule is Cc1c(Cl)cccc1NC(=O)C(C)Sc1nnc(C2CCCCC2)n1N. The number of rotatable bonds is 5. The van der Waals surface area contributed by atoms with Crippen LogP contribution in [0, 0.1) is 6.92 Å². The van der Waals surface area contributed by atoms with Crippen LogP contribution in [-0.4, -0.2) is 26.0 Å². The Morgan fingerprint density at radius 1 is 1.35 bits per heavy atom. The van der Waals surface area contributed by atoms with Crippen LogP contribution in [0.4, 0.5) is 5.69 Å². The Hall–Kier alpha value is -1.73. The highest BCUT2D eigenvalue weighted by molar-refractivity contribution is 8.00. The molecule has 8 heteroatoms. The van der Waals surface area contributed by atoms with E-state index < -0.39 is 0 Å². The average Bonchev–Trinajstić information content (AvgIpc) is 3.00. The number of hydrogen-bond acceptors (Lipinski definition) is 5. The van der Waals surface area contributed by atoms with Crippen LogP contribution in [0.1, 0.15) is 56.3 Å². The highest BCUT2D eigenvalue weighted by Gasteiger charge is 2.25. The number of nitrogens with one attached hydrogen (secondary N) is 1. The van der Waals surface area contributed by atoms with E-state index in [0.717, 1.165) is 24.2 Å². The van der Waals surface area contributed by atoms with Crippen molar-refractivity contribution in [3.05, 3.63) is 34.6 Å². The molecule has 1 amide bonds. The molecule has 1 unspecified atom stereocenters. The van der Waals surface area contributed by atoms with Gasteiger partial charge < -0.3 is 11.2 Å². The molecule has 0 bridgehead atoms. The van der Waals surface area contributed by atoms with E-state index in [2.05, 4.69) is 15.5 Å². The van der Waals surface area contributed by atoms with Gasteiger partial charge in [0, 0.05) is 16.6 Å². The van der Waals surface area contributed by atoms with Crippen LogP contribution >= 0.6 is 23.4 Å². The van der Waals surface area contributed by atoms with Gasteiger partial charge in [0.1, 0.15) is 0 Å². The third-order valence-corrected chi connectivity index (χ3v) is 6.30. The minimum atomic E-state index is -0.362. The third kappa shape index (κ3) is 4.15. The van der Waals surface area contributed by atoms with Crippen molar-refractivity contribution in [2.24, 2.45) is 0 Å². The fourth-order valence-electron chi connectivity index (χ4n) is 3.20. The minimum absolute atomic E-state index is 0.123. The highest BCUT2D eigenvalue weighted by atomic mass is 35.5. The third-order valence-electron chi connectivity index (χ3n) is 4.84. The molecule has 1 aliphatic rings. The summed E-state index contributed by atoms with van der Waals surface area (Å²) in [5.41, 5.74) is 1.56. The van der Waals surface area contributed by atoms with Gasteiger partial charge >= 0.3 is 0 Å². The molecule has 0 radical (unpaired) electrons. The number of halogens is 1. The number of hydrogen-bond donors (Lipinski definition) is 2. The Balaban J connectivity index is 1.66. The molecule has 3 rings (SSSR count). The predicted molar refractivity (Wildman–Crippen MR) is 106 cm³/mol. The molecule has 1 aromatic carbocycles. The van der Waals surface area contributed by atoms with Crippen LogP contribution in [0.15, 0.2) is 23.4 Å². The van der Waals surface area contributed by atoms with Crippen LogP contribution < -0.4 is 11.2 Å². The average molecular weight is 394 g/mol. The number of aromatic nitrogens is 3. The second-order valence-corrected chi connectivity index (χ2v) is 8.42. The van der Waals surface area contributed by atoms with Crippen molar-refractivity contribution in [2.45, 2.75) is 62.3 Å². The van der Waals surface area contributed by atoms with Gasteiger partial charge in [-0.05, 0) is 44.4 Å². The van der Waals surface area contributed by atoms with E-state index in [-0.39, 0.29) is 11.2 Å². The lowest BCUT2D eigenvalue weighted by Gasteiger charge is -2.20. The van der Waals surface area contributed by atoms with E-state index >= 15 is 0 Å². The van der Waals surface area contributed by atoms with Gasteiger partial charge in [0.15, 0.2) is 5.82 Å². The van der Waals surface area contributed by atoms with E-state index in [1.165, 1.54) is 31.0 Å². The maximum atomic E-state index is 12.5. The van der Waals surface area contributed by atoms with E-state index in [9.17, 15) is 4.79 Å². The molecule has 140 valence electrons. The van der Waals surface area contributed by atoms with Crippen molar-refractivity contribution in [1.29, 1.82) is 0 Å². The van der Waals surface area contributed by atoms with Crippen molar-refractivity contribution in [2.75, 3.05) is 11.2 Å². The van der Waals surface area contributed by atoms with E-state index in [1.54, 1.807) is 10.7 Å². The summed E-state index contributed by atoms with van der Waals surface area (Å²) in [4.78, 5) is 12.5. The molecular formula is C18H24ClN5OS. The standard InChI is InChI=1S/C18H24ClN5OS/c1-11-14(19)9-6-10-15(11)21-17(25)12(2)26-18-23-22-16(24(18)20)13-7-4-3-5-8-13/h6,9-10,12-13H,3-5,7-8,20H2,1-2H3,(H,21,25). The summed E-state index contributed by atoms with van der Waals surface area (Å²) < 4.78 is 1.55. The van der Waals surface area contributed by atoms with Crippen molar-refractivity contribution in [1.82, 2.24) is 14.9 Å². The molecule has 0 aliphatic heterocycles. The number of carbonyl (C=O) groups is 1. The fourth-order valence-corrected chi connectivity index (χ4v) is 4.15. The topological polar surface area (TPSA) is 85.8 Å². The number of anilines is 1. The fraction of sp³-hybridized carbons (Fsp3) is 0.500. The lowest BCUT2D eigenvalue weighted by molar-refractivity contribution is -0.115. The monoisotopic (exact) mass is 393 g/mol. The number of amides is 1. The van der Waals surface area contributed by atoms with Gasteiger partial charge in [0.05, 0.1) is 5.25 Å². The largest absolute Gasteiger partial charge is 0.336 e. The molecule has 1 atom stereocenters. The molecule has 1 saturated carbocycles. The Bertz CT molecular complexity index is 788. The molecule has 1 heterocycles. The van der Waals surface area contributed by atoms with Gasteiger partial charge in [-0.3, -0.25) is 4.79 Å². The summed E-state index contributed by atoms with van der Waals surface area (Å²) in [6.45, 7) is 3.71. The van der Waals surface area contributed by atoms with Crippen LogP contribution in [0.2, 0.25) is 5.02 Å². The first-order chi connectivity index (χ1) is 12.5. The summed E-state index contributed by atoms with van der Waals surface area (Å²) in [5, 5.41) is 12.2. The highest BCUT2D eigenvalue weighted by Crippen LogP contribution is 2.33. The zero-order valence-electron chi connectivity index (χ0n) is 15.0. The number of thioether (sulfide) groups is 1. The first kappa shape index (κ1) is 19.0. The number of nitrogens with zero attached hydrogens (tertiary/aromatic N) is 3. The first-order valence-corrected chi connectivity index (χ1v) is 10.2.